The summed E-state index contributed by atoms with van der Waals surface area (Å²) in [6, 6.07) is 23.5. The molecule has 0 saturated heterocycles. The van der Waals surface area contributed by atoms with Crippen LogP contribution < -0.4 is 14.9 Å². The Balaban J connectivity index is 1.68. The minimum atomic E-state index is 0.465. The molecule has 5 heteroatoms. The fourth-order valence-corrected chi connectivity index (χ4v) is 2.59. The van der Waals surface area contributed by atoms with E-state index in [0.29, 0.717) is 18.1 Å². The Morgan fingerprint density at radius 3 is 2.46 bits per heavy atom. The molecule has 0 saturated carbocycles. The first kappa shape index (κ1) is 18.0. The summed E-state index contributed by atoms with van der Waals surface area (Å²) >= 11 is 3.43. The summed E-state index contributed by atoms with van der Waals surface area (Å²) in [5.74, 6) is 1.37. The van der Waals surface area contributed by atoms with Crippen LogP contribution in [0.5, 0.6) is 11.5 Å². The van der Waals surface area contributed by atoms with E-state index >= 15 is 0 Å². The van der Waals surface area contributed by atoms with E-state index in [2.05, 4.69) is 26.5 Å². The van der Waals surface area contributed by atoms with Crippen LogP contribution in [0.4, 0.5) is 5.69 Å². The average Bonchev–Trinajstić information content (AvgIpc) is 2.68. The van der Waals surface area contributed by atoms with E-state index < -0.39 is 0 Å². The molecule has 3 rings (SSSR count). The maximum absolute atomic E-state index is 5.94. The second kappa shape index (κ2) is 9.06. The molecule has 3 aromatic carbocycles. The number of benzene rings is 3. The van der Waals surface area contributed by atoms with Crippen molar-refractivity contribution in [3.63, 3.8) is 0 Å². The lowest BCUT2D eigenvalue weighted by Crippen LogP contribution is -1.99. The fourth-order valence-electron chi connectivity index (χ4n) is 2.32. The van der Waals surface area contributed by atoms with Crippen LogP contribution in [0.15, 0.2) is 82.4 Å². The number of nitrogens with zero attached hydrogens (tertiary/aromatic N) is 1. The van der Waals surface area contributed by atoms with E-state index in [1.165, 1.54) is 0 Å². The molecule has 132 valence electrons. The van der Waals surface area contributed by atoms with Gasteiger partial charge in [-0.3, -0.25) is 5.43 Å². The highest BCUT2D eigenvalue weighted by Crippen LogP contribution is 2.28. The number of ether oxygens (including phenoxy) is 2. The number of halogens is 1. The first-order chi connectivity index (χ1) is 12.7. The van der Waals surface area contributed by atoms with E-state index in [0.717, 1.165) is 21.3 Å². The van der Waals surface area contributed by atoms with Gasteiger partial charge in [-0.15, -0.1) is 0 Å². The van der Waals surface area contributed by atoms with Crippen molar-refractivity contribution in [1.29, 1.82) is 0 Å². The Morgan fingerprint density at radius 2 is 1.73 bits per heavy atom. The zero-order valence-corrected chi connectivity index (χ0v) is 15.9. The number of anilines is 1. The van der Waals surface area contributed by atoms with Gasteiger partial charge in [0.05, 0.1) is 19.0 Å². The summed E-state index contributed by atoms with van der Waals surface area (Å²) in [7, 11) is 1.63. The average molecular weight is 411 g/mol. The number of hydrogen-bond acceptors (Lipinski definition) is 4. The Morgan fingerprint density at radius 1 is 0.962 bits per heavy atom. The van der Waals surface area contributed by atoms with Gasteiger partial charge in [-0.25, -0.2) is 0 Å². The van der Waals surface area contributed by atoms with Crippen molar-refractivity contribution in [3.8, 4) is 11.5 Å². The van der Waals surface area contributed by atoms with Gasteiger partial charge in [0.15, 0.2) is 11.5 Å². The zero-order chi connectivity index (χ0) is 18.2. The van der Waals surface area contributed by atoms with Crippen molar-refractivity contribution < 1.29 is 9.47 Å². The van der Waals surface area contributed by atoms with Crippen molar-refractivity contribution in [2.75, 3.05) is 12.5 Å². The van der Waals surface area contributed by atoms with Crippen LogP contribution in [0.25, 0.3) is 0 Å². The summed E-state index contributed by atoms with van der Waals surface area (Å²) in [5, 5.41) is 4.26. The highest BCUT2D eigenvalue weighted by Gasteiger charge is 2.06. The molecule has 1 N–H and O–H groups in total. The third-order valence-electron chi connectivity index (χ3n) is 3.68. The number of hydrogen-bond donors (Lipinski definition) is 1. The van der Waals surface area contributed by atoms with Gasteiger partial charge in [0.1, 0.15) is 6.61 Å². The van der Waals surface area contributed by atoms with Crippen molar-refractivity contribution in [3.05, 3.63) is 88.4 Å². The van der Waals surface area contributed by atoms with Gasteiger partial charge >= 0.3 is 0 Å². The zero-order valence-electron chi connectivity index (χ0n) is 14.4. The van der Waals surface area contributed by atoms with E-state index in [1.54, 1.807) is 13.3 Å². The molecule has 0 atom stereocenters. The molecule has 0 amide bonds. The molecule has 26 heavy (non-hydrogen) atoms. The van der Waals surface area contributed by atoms with Gasteiger partial charge < -0.3 is 9.47 Å². The predicted molar refractivity (Wildman–Crippen MR) is 109 cm³/mol. The topological polar surface area (TPSA) is 42.8 Å². The molecular formula is C21H19BrN2O2. The molecule has 0 fully saturated rings. The molecule has 4 nitrogen and oxygen atoms in total. The third-order valence-corrected chi connectivity index (χ3v) is 4.21. The number of para-hydroxylation sites is 1. The van der Waals surface area contributed by atoms with Crippen molar-refractivity contribution in [2.45, 2.75) is 6.61 Å². The quantitative estimate of drug-likeness (QED) is 0.414. The van der Waals surface area contributed by atoms with E-state index in [-0.39, 0.29) is 0 Å². The predicted octanol–water partition coefficient (Wildman–Crippen LogP) is 5.48. The summed E-state index contributed by atoms with van der Waals surface area (Å²) < 4.78 is 12.4. The van der Waals surface area contributed by atoms with Gasteiger partial charge in [0.25, 0.3) is 0 Å². The smallest absolute Gasteiger partial charge is 0.162 e. The van der Waals surface area contributed by atoms with Crippen LogP contribution in [-0.4, -0.2) is 13.3 Å². The Bertz CT molecular complexity index is 865. The lowest BCUT2D eigenvalue weighted by Gasteiger charge is -2.11. The van der Waals surface area contributed by atoms with Gasteiger partial charge in [-0.2, -0.15) is 5.10 Å². The van der Waals surface area contributed by atoms with Crippen LogP contribution in [-0.2, 0) is 6.61 Å². The second-order valence-electron chi connectivity index (χ2n) is 5.56. The molecule has 0 aliphatic carbocycles. The monoisotopic (exact) mass is 410 g/mol. The summed E-state index contributed by atoms with van der Waals surface area (Å²) in [4.78, 5) is 0. The summed E-state index contributed by atoms with van der Waals surface area (Å²) in [5.41, 5.74) is 5.93. The number of nitrogens with one attached hydrogen (secondary N) is 1. The number of rotatable bonds is 7. The molecule has 0 spiro atoms. The highest BCUT2D eigenvalue weighted by molar-refractivity contribution is 9.10. The van der Waals surface area contributed by atoms with Crippen LogP contribution >= 0.6 is 15.9 Å². The van der Waals surface area contributed by atoms with Crippen LogP contribution in [0, 0.1) is 0 Å². The molecule has 0 unspecified atom stereocenters. The molecule has 0 heterocycles. The second-order valence-corrected chi connectivity index (χ2v) is 6.48. The van der Waals surface area contributed by atoms with Crippen molar-refractivity contribution in [1.82, 2.24) is 0 Å². The molecule has 0 aliphatic rings. The van der Waals surface area contributed by atoms with Gasteiger partial charge in [0.2, 0.25) is 0 Å². The van der Waals surface area contributed by atoms with Crippen molar-refractivity contribution >= 4 is 27.8 Å². The minimum absolute atomic E-state index is 0.465. The molecule has 3 aromatic rings. The molecule has 0 radical (unpaired) electrons. The van der Waals surface area contributed by atoms with Crippen LogP contribution in [0.1, 0.15) is 11.1 Å². The number of hydrazone groups is 1. The Hall–Kier alpha value is -2.79. The van der Waals surface area contributed by atoms with Gasteiger partial charge in [-0.05, 0) is 53.6 Å². The summed E-state index contributed by atoms with van der Waals surface area (Å²) in [6.45, 7) is 0.465. The van der Waals surface area contributed by atoms with E-state index in [9.17, 15) is 0 Å². The molecule has 0 aromatic heterocycles. The maximum Gasteiger partial charge on any atom is 0.162 e. The third kappa shape index (κ3) is 5.10. The molecule has 0 bridgehead atoms. The lowest BCUT2D eigenvalue weighted by atomic mass is 10.2. The SMILES string of the molecule is COc1ccc(C=NNc2ccccc2)cc1OCc1ccc(Br)cc1. The normalized spacial score (nSPS) is 10.7. The summed E-state index contributed by atoms with van der Waals surface area (Å²) in [6.07, 6.45) is 1.75. The van der Waals surface area contributed by atoms with Gasteiger partial charge in [0, 0.05) is 4.47 Å². The fraction of sp³-hybridized carbons (Fsp3) is 0.0952. The highest BCUT2D eigenvalue weighted by atomic mass is 79.9. The lowest BCUT2D eigenvalue weighted by molar-refractivity contribution is 0.284. The Labute approximate surface area is 161 Å². The Kier molecular flexibility index (Phi) is 6.28. The van der Waals surface area contributed by atoms with Crippen LogP contribution in [0.3, 0.4) is 0 Å². The number of methoxy groups -OCH3 is 1. The molecule has 0 aliphatic heterocycles. The van der Waals surface area contributed by atoms with Gasteiger partial charge in [-0.1, -0.05) is 46.3 Å². The maximum atomic E-state index is 5.94. The van der Waals surface area contributed by atoms with Crippen molar-refractivity contribution in [2.24, 2.45) is 5.10 Å². The largest absolute Gasteiger partial charge is 0.493 e. The van der Waals surface area contributed by atoms with E-state index in [4.69, 9.17) is 9.47 Å². The molecular weight excluding hydrogens is 392 g/mol. The standard InChI is InChI=1S/C21H19BrN2O2/c1-25-20-12-9-17(14-23-24-19-5-3-2-4-6-19)13-21(20)26-15-16-7-10-18(22)11-8-16/h2-14,24H,15H2,1H3. The minimum Gasteiger partial charge on any atom is -0.493 e. The first-order valence-electron chi connectivity index (χ1n) is 8.14. The van der Waals surface area contributed by atoms with Crippen LogP contribution in [0.2, 0.25) is 0 Å². The van der Waals surface area contributed by atoms with E-state index in [1.807, 2.05) is 72.8 Å². The first-order valence-corrected chi connectivity index (χ1v) is 8.93.